The molecule has 1 aromatic carbocycles. The quantitative estimate of drug-likeness (QED) is 0.779. The van der Waals surface area contributed by atoms with Crippen LogP contribution in [0.3, 0.4) is 0 Å². The fourth-order valence-electron chi connectivity index (χ4n) is 1.73. The Hall–Kier alpha value is -1.97. The van der Waals surface area contributed by atoms with Crippen molar-refractivity contribution < 1.29 is 4.79 Å². The van der Waals surface area contributed by atoms with E-state index in [2.05, 4.69) is 31.1 Å². The molecule has 2 aromatic rings. The molecule has 0 saturated carbocycles. The summed E-state index contributed by atoms with van der Waals surface area (Å²) in [7, 11) is 0. The van der Waals surface area contributed by atoms with Crippen molar-refractivity contribution in [2.75, 3.05) is 0 Å². The van der Waals surface area contributed by atoms with Crippen molar-refractivity contribution in [3.8, 4) is 11.3 Å². The van der Waals surface area contributed by atoms with E-state index in [-0.39, 0.29) is 5.41 Å². The van der Waals surface area contributed by atoms with Crippen LogP contribution in [0.25, 0.3) is 11.3 Å². The van der Waals surface area contributed by atoms with Crippen LogP contribution in [0.1, 0.15) is 31.1 Å². The first-order valence-electron chi connectivity index (χ1n) is 5.94. The maximum Gasteiger partial charge on any atom is 0.150 e. The molecule has 0 spiro atoms. The Morgan fingerprint density at radius 1 is 1.22 bits per heavy atom. The van der Waals surface area contributed by atoms with Gasteiger partial charge in [-0.3, -0.25) is 9.48 Å². The summed E-state index contributed by atoms with van der Waals surface area (Å²) < 4.78 is 1.85. The first-order chi connectivity index (χ1) is 8.48. The van der Waals surface area contributed by atoms with Gasteiger partial charge in [-0.15, -0.1) is 5.10 Å². The van der Waals surface area contributed by atoms with Crippen LogP contribution >= 0.6 is 0 Å². The molecule has 2 rings (SSSR count). The molecule has 0 aliphatic carbocycles. The summed E-state index contributed by atoms with van der Waals surface area (Å²) in [5, 5.41) is 8.27. The average Bonchev–Trinajstić information content (AvgIpc) is 2.75. The number of hydrogen-bond donors (Lipinski definition) is 0. The predicted octanol–water partition coefficient (Wildman–Crippen LogP) is 2.80. The van der Waals surface area contributed by atoms with Gasteiger partial charge < -0.3 is 0 Å². The third-order valence-corrected chi connectivity index (χ3v) is 2.52. The molecule has 0 amide bonds. The molecular formula is C14H17N3O. The van der Waals surface area contributed by atoms with Crippen LogP contribution < -0.4 is 0 Å². The van der Waals surface area contributed by atoms with E-state index in [4.69, 9.17) is 0 Å². The number of aldehydes is 1. The van der Waals surface area contributed by atoms with Crippen molar-refractivity contribution in [2.24, 2.45) is 5.41 Å². The summed E-state index contributed by atoms with van der Waals surface area (Å²) in [6, 6.07) is 7.33. The predicted molar refractivity (Wildman–Crippen MR) is 70.3 cm³/mol. The highest BCUT2D eigenvalue weighted by atomic mass is 16.1. The van der Waals surface area contributed by atoms with Gasteiger partial charge in [0.2, 0.25) is 0 Å². The molecule has 0 N–H and O–H groups in total. The van der Waals surface area contributed by atoms with Gasteiger partial charge in [0, 0.05) is 17.7 Å². The van der Waals surface area contributed by atoms with Crippen molar-refractivity contribution in [3.05, 3.63) is 36.0 Å². The van der Waals surface area contributed by atoms with Crippen LogP contribution in [-0.2, 0) is 6.54 Å². The molecule has 0 aliphatic rings. The van der Waals surface area contributed by atoms with Gasteiger partial charge in [0.25, 0.3) is 0 Å². The number of aromatic nitrogens is 3. The molecule has 0 bridgehead atoms. The third-order valence-electron chi connectivity index (χ3n) is 2.52. The van der Waals surface area contributed by atoms with E-state index < -0.39 is 0 Å². The minimum Gasteiger partial charge on any atom is -0.298 e. The summed E-state index contributed by atoms with van der Waals surface area (Å²) in [6.07, 6.45) is 2.77. The van der Waals surface area contributed by atoms with E-state index in [1.807, 2.05) is 23.0 Å². The fourth-order valence-corrected chi connectivity index (χ4v) is 1.73. The maximum atomic E-state index is 10.6. The monoisotopic (exact) mass is 243 g/mol. The Kier molecular flexibility index (Phi) is 3.28. The highest BCUT2D eigenvalue weighted by molar-refractivity contribution is 5.76. The lowest BCUT2D eigenvalue weighted by Gasteiger charge is -2.16. The van der Waals surface area contributed by atoms with Crippen LogP contribution in [0, 0.1) is 5.41 Å². The maximum absolute atomic E-state index is 10.6. The highest BCUT2D eigenvalue weighted by Crippen LogP contribution is 2.19. The zero-order valence-electron chi connectivity index (χ0n) is 10.9. The highest BCUT2D eigenvalue weighted by Gasteiger charge is 2.13. The Labute approximate surface area is 107 Å². The van der Waals surface area contributed by atoms with Crippen LogP contribution in [0.5, 0.6) is 0 Å². The van der Waals surface area contributed by atoms with Crippen molar-refractivity contribution in [2.45, 2.75) is 27.3 Å². The van der Waals surface area contributed by atoms with Gasteiger partial charge in [-0.2, -0.15) is 0 Å². The number of nitrogens with zero attached hydrogens (tertiary/aromatic N) is 3. The molecule has 1 aromatic heterocycles. The zero-order chi connectivity index (χ0) is 13.2. The molecule has 1 heterocycles. The van der Waals surface area contributed by atoms with E-state index in [1.54, 1.807) is 12.1 Å². The number of carbonyl (C=O) groups is 1. The second-order valence-electron chi connectivity index (χ2n) is 5.60. The summed E-state index contributed by atoms with van der Waals surface area (Å²) in [4.78, 5) is 10.6. The number of hydrogen-bond acceptors (Lipinski definition) is 3. The number of benzene rings is 1. The van der Waals surface area contributed by atoms with Crippen molar-refractivity contribution >= 4 is 6.29 Å². The molecule has 4 nitrogen and oxygen atoms in total. The van der Waals surface area contributed by atoms with Crippen LogP contribution in [0.15, 0.2) is 30.5 Å². The minimum atomic E-state index is 0.173. The molecule has 0 saturated heterocycles. The zero-order valence-corrected chi connectivity index (χ0v) is 10.9. The molecule has 18 heavy (non-hydrogen) atoms. The molecular weight excluding hydrogens is 226 g/mol. The minimum absolute atomic E-state index is 0.173. The van der Waals surface area contributed by atoms with Crippen molar-refractivity contribution in [3.63, 3.8) is 0 Å². The molecule has 0 fully saturated rings. The standard InChI is InChI=1S/C14H17N3O/c1-14(2,3)10-17-8-13(15-16-17)12-6-4-11(9-18)5-7-12/h4-9H,10H2,1-3H3. The van der Waals surface area contributed by atoms with E-state index in [0.29, 0.717) is 5.56 Å². The van der Waals surface area contributed by atoms with E-state index in [1.165, 1.54) is 0 Å². The number of carbonyl (C=O) groups excluding carboxylic acids is 1. The van der Waals surface area contributed by atoms with Gasteiger partial charge in [0.15, 0.2) is 0 Å². The second kappa shape index (κ2) is 4.72. The molecule has 94 valence electrons. The Balaban J connectivity index is 2.21. The molecule has 0 unspecified atom stereocenters. The number of rotatable bonds is 3. The average molecular weight is 243 g/mol. The van der Waals surface area contributed by atoms with Gasteiger partial charge in [0.1, 0.15) is 12.0 Å². The molecule has 4 heteroatoms. The molecule has 0 aliphatic heterocycles. The van der Waals surface area contributed by atoms with Crippen LogP contribution in [0.4, 0.5) is 0 Å². The van der Waals surface area contributed by atoms with Gasteiger partial charge in [-0.05, 0) is 5.41 Å². The van der Waals surface area contributed by atoms with E-state index in [0.717, 1.165) is 24.1 Å². The normalized spacial score (nSPS) is 11.5. The van der Waals surface area contributed by atoms with Crippen LogP contribution in [0.2, 0.25) is 0 Å². The lowest BCUT2D eigenvalue weighted by Crippen LogP contribution is -2.15. The van der Waals surface area contributed by atoms with Gasteiger partial charge in [-0.1, -0.05) is 50.3 Å². The fraction of sp³-hybridized carbons (Fsp3) is 0.357. The molecule has 0 atom stereocenters. The first-order valence-corrected chi connectivity index (χ1v) is 5.94. The van der Waals surface area contributed by atoms with Crippen molar-refractivity contribution in [1.82, 2.24) is 15.0 Å². The lowest BCUT2D eigenvalue weighted by molar-refractivity contribution is 0.112. The summed E-state index contributed by atoms with van der Waals surface area (Å²) in [5.41, 5.74) is 2.64. The topological polar surface area (TPSA) is 47.8 Å². The van der Waals surface area contributed by atoms with Gasteiger partial charge in [0.05, 0.1) is 6.20 Å². The SMILES string of the molecule is CC(C)(C)Cn1cc(-c2ccc(C=O)cc2)nn1. The Morgan fingerprint density at radius 3 is 2.44 bits per heavy atom. The molecule has 0 radical (unpaired) electrons. The summed E-state index contributed by atoms with van der Waals surface area (Å²) in [5.74, 6) is 0. The van der Waals surface area contributed by atoms with Crippen molar-refractivity contribution in [1.29, 1.82) is 0 Å². The second-order valence-corrected chi connectivity index (χ2v) is 5.60. The largest absolute Gasteiger partial charge is 0.298 e. The summed E-state index contributed by atoms with van der Waals surface area (Å²) >= 11 is 0. The van der Waals surface area contributed by atoms with E-state index >= 15 is 0 Å². The van der Waals surface area contributed by atoms with Gasteiger partial charge >= 0.3 is 0 Å². The van der Waals surface area contributed by atoms with Crippen LogP contribution in [-0.4, -0.2) is 21.3 Å². The Bertz CT molecular complexity index is 535. The summed E-state index contributed by atoms with van der Waals surface area (Å²) in [6.45, 7) is 7.31. The Morgan fingerprint density at radius 2 is 1.89 bits per heavy atom. The third kappa shape index (κ3) is 3.03. The first kappa shape index (κ1) is 12.5. The lowest BCUT2D eigenvalue weighted by atomic mass is 9.97. The van der Waals surface area contributed by atoms with E-state index in [9.17, 15) is 4.79 Å². The smallest absolute Gasteiger partial charge is 0.150 e. The van der Waals surface area contributed by atoms with Gasteiger partial charge in [-0.25, -0.2) is 0 Å².